The zero-order valence-electron chi connectivity index (χ0n) is 9.79. The first-order valence-corrected chi connectivity index (χ1v) is 7.92. The van der Waals surface area contributed by atoms with E-state index in [1.807, 2.05) is 0 Å². The molecule has 0 nitrogen and oxygen atoms in total. The molecule has 2 aromatic rings. The molecule has 0 unspecified atom stereocenters. The molecule has 0 radical (unpaired) electrons. The highest BCUT2D eigenvalue weighted by atomic mass is 79.9. The SMILES string of the molecule is Brc1cccc2c1[C@@H]1CC[C@H]2c2c(Br)cccc21. The largest absolute Gasteiger partial charge is 0.0608 e. The smallest absolute Gasteiger partial charge is 0.0216 e. The lowest BCUT2D eigenvalue weighted by Gasteiger charge is -2.41. The minimum atomic E-state index is 0.577. The topological polar surface area (TPSA) is 0 Å². The van der Waals surface area contributed by atoms with Crippen LogP contribution in [-0.2, 0) is 0 Å². The predicted molar refractivity (Wildman–Crippen MR) is 81.2 cm³/mol. The van der Waals surface area contributed by atoms with Crippen LogP contribution in [0.4, 0.5) is 0 Å². The van der Waals surface area contributed by atoms with Gasteiger partial charge in [-0.25, -0.2) is 0 Å². The Labute approximate surface area is 124 Å². The van der Waals surface area contributed by atoms with E-state index < -0.39 is 0 Å². The van der Waals surface area contributed by atoms with Gasteiger partial charge in [-0.2, -0.15) is 0 Å². The third-order valence-corrected chi connectivity index (χ3v) is 5.75. The van der Waals surface area contributed by atoms with Gasteiger partial charge in [-0.3, -0.25) is 0 Å². The second kappa shape index (κ2) is 3.94. The summed E-state index contributed by atoms with van der Waals surface area (Å²) in [5, 5.41) is 0. The summed E-state index contributed by atoms with van der Waals surface area (Å²) in [5.41, 5.74) is 6.11. The summed E-state index contributed by atoms with van der Waals surface area (Å²) in [6, 6.07) is 13.3. The highest BCUT2D eigenvalue weighted by Gasteiger charge is 2.39. The second-order valence-electron chi connectivity index (χ2n) is 5.17. The first-order chi connectivity index (χ1) is 8.77. The first-order valence-electron chi connectivity index (χ1n) is 6.34. The summed E-state index contributed by atoms with van der Waals surface area (Å²) < 4.78 is 2.56. The molecule has 0 saturated carbocycles. The van der Waals surface area contributed by atoms with E-state index >= 15 is 0 Å². The average Bonchev–Trinajstić information content (AvgIpc) is 2.40. The van der Waals surface area contributed by atoms with E-state index in [1.54, 1.807) is 0 Å². The number of hydrogen-bond acceptors (Lipinski definition) is 0. The van der Waals surface area contributed by atoms with Crippen molar-refractivity contribution in [2.75, 3.05) is 0 Å². The van der Waals surface area contributed by atoms with Gasteiger partial charge >= 0.3 is 0 Å². The fourth-order valence-corrected chi connectivity index (χ4v) is 5.01. The Kier molecular flexibility index (Phi) is 2.46. The van der Waals surface area contributed by atoms with Gasteiger partial charge in [0.1, 0.15) is 0 Å². The number of halogens is 2. The highest BCUT2D eigenvalue weighted by molar-refractivity contribution is 9.10. The molecule has 18 heavy (non-hydrogen) atoms. The second-order valence-corrected chi connectivity index (χ2v) is 6.88. The van der Waals surface area contributed by atoms with Crippen LogP contribution >= 0.6 is 31.9 Å². The predicted octanol–water partition coefficient (Wildman–Crippen LogP) is 5.58. The van der Waals surface area contributed by atoms with Crippen LogP contribution < -0.4 is 0 Å². The van der Waals surface area contributed by atoms with Crippen molar-refractivity contribution in [2.24, 2.45) is 0 Å². The molecule has 0 heterocycles. The van der Waals surface area contributed by atoms with Crippen molar-refractivity contribution < 1.29 is 0 Å². The molecule has 0 saturated heterocycles. The monoisotopic (exact) mass is 362 g/mol. The van der Waals surface area contributed by atoms with Gasteiger partial charge in [-0.1, -0.05) is 56.1 Å². The molecule has 0 amide bonds. The maximum atomic E-state index is 3.74. The minimum Gasteiger partial charge on any atom is -0.0608 e. The molecule has 0 N–H and O–H groups in total. The molecule has 0 aliphatic heterocycles. The van der Waals surface area contributed by atoms with Crippen molar-refractivity contribution in [2.45, 2.75) is 24.7 Å². The van der Waals surface area contributed by atoms with Crippen molar-refractivity contribution in [3.63, 3.8) is 0 Å². The van der Waals surface area contributed by atoms with Gasteiger partial charge in [-0.15, -0.1) is 0 Å². The molecule has 0 aromatic heterocycles. The number of hydrogen-bond donors (Lipinski definition) is 0. The Hall–Kier alpha value is -0.600. The summed E-state index contributed by atoms with van der Waals surface area (Å²) in [5.74, 6) is 1.15. The lowest BCUT2D eigenvalue weighted by molar-refractivity contribution is 0.516. The van der Waals surface area contributed by atoms with E-state index in [9.17, 15) is 0 Å². The maximum absolute atomic E-state index is 3.74. The van der Waals surface area contributed by atoms with Crippen molar-refractivity contribution in [3.8, 4) is 0 Å². The van der Waals surface area contributed by atoms with E-state index in [0.29, 0.717) is 11.8 Å². The number of fused-ring (bicyclic) bond motifs is 1. The third-order valence-electron chi connectivity index (χ3n) is 4.37. The molecule has 0 spiro atoms. The van der Waals surface area contributed by atoms with Gasteiger partial charge < -0.3 is 0 Å². The third kappa shape index (κ3) is 1.36. The summed E-state index contributed by atoms with van der Waals surface area (Å²) in [4.78, 5) is 0. The van der Waals surface area contributed by atoms with Crippen molar-refractivity contribution in [1.29, 1.82) is 0 Å². The Morgan fingerprint density at radius 1 is 0.722 bits per heavy atom. The van der Waals surface area contributed by atoms with Gasteiger partial charge in [0.15, 0.2) is 0 Å². The van der Waals surface area contributed by atoms with Crippen molar-refractivity contribution >= 4 is 31.9 Å². The van der Waals surface area contributed by atoms with Gasteiger partial charge in [0.25, 0.3) is 0 Å². The Morgan fingerprint density at radius 3 is 1.61 bits per heavy atom. The first kappa shape index (κ1) is 11.2. The normalized spacial score (nSPS) is 23.7. The van der Waals surface area contributed by atoms with Crippen LogP contribution in [0.25, 0.3) is 0 Å². The quantitative estimate of drug-likeness (QED) is 0.572. The Bertz CT molecular complexity index is 588. The molecular weight excluding hydrogens is 352 g/mol. The van der Waals surface area contributed by atoms with Crippen molar-refractivity contribution in [3.05, 3.63) is 67.6 Å². The van der Waals surface area contributed by atoms with Crippen LogP contribution in [0.1, 0.15) is 46.9 Å². The summed E-state index contributed by atoms with van der Waals surface area (Å²) >= 11 is 7.48. The molecule has 2 atom stereocenters. The van der Waals surface area contributed by atoms with Crippen LogP contribution in [0.3, 0.4) is 0 Å². The number of rotatable bonds is 0. The van der Waals surface area contributed by atoms with E-state index in [2.05, 4.69) is 68.3 Å². The lowest BCUT2D eigenvalue weighted by atomic mass is 9.64. The summed E-state index contributed by atoms with van der Waals surface area (Å²) in [6.07, 6.45) is 2.56. The molecular formula is C16H12Br2. The van der Waals surface area contributed by atoms with Crippen LogP contribution in [0.15, 0.2) is 45.3 Å². The van der Waals surface area contributed by atoms with Crippen LogP contribution in [0.2, 0.25) is 0 Å². The van der Waals surface area contributed by atoms with E-state index in [1.165, 1.54) is 44.0 Å². The van der Waals surface area contributed by atoms with Gasteiger partial charge in [0.05, 0.1) is 0 Å². The van der Waals surface area contributed by atoms with Crippen molar-refractivity contribution in [1.82, 2.24) is 0 Å². The maximum Gasteiger partial charge on any atom is 0.0216 e. The summed E-state index contributed by atoms with van der Waals surface area (Å²) in [6.45, 7) is 0. The Balaban J connectivity index is 2.06. The standard InChI is InChI=1S/C16H12Br2/c17-13-5-1-3-9-11-7-8-12(15(9)13)10-4-2-6-14(18)16(10)11/h1-6,11-12H,7-8H2/t11-,12-/m1/s1. The van der Waals surface area contributed by atoms with Crippen LogP contribution in [0.5, 0.6) is 0 Å². The molecule has 0 fully saturated rings. The van der Waals surface area contributed by atoms with Gasteiger partial charge in [-0.05, 0) is 47.2 Å². The zero-order valence-corrected chi connectivity index (χ0v) is 13.0. The lowest BCUT2D eigenvalue weighted by Crippen LogP contribution is -2.25. The minimum absolute atomic E-state index is 0.577. The van der Waals surface area contributed by atoms with E-state index in [-0.39, 0.29) is 0 Å². The molecule has 90 valence electrons. The zero-order chi connectivity index (χ0) is 12.3. The van der Waals surface area contributed by atoms with Crippen LogP contribution in [0, 0.1) is 0 Å². The molecule has 2 heteroatoms. The fourth-order valence-electron chi connectivity index (χ4n) is 3.69. The molecule has 3 aliphatic rings. The number of benzene rings is 2. The molecule has 5 rings (SSSR count). The average molecular weight is 364 g/mol. The Morgan fingerprint density at radius 2 is 1.17 bits per heavy atom. The van der Waals surface area contributed by atoms with Gasteiger partial charge in [0, 0.05) is 20.8 Å². The van der Waals surface area contributed by atoms with E-state index in [0.717, 1.165) is 0 Å². The molecule has 2 bridgehead atoms. The van der Waals surface area contributed by atoms with E-state index in [4.69, 9.17) is 0 Å². The fraction of sp³-hybridized carbons (Fsp3) is 0.250. The van der Waals surface area contributed by atoms with Gasteiger partial charge in [0.2, 0.25) is 0 Å². The molecule has 3 aliphatic carbocycles. The highest BCUT2D eigenvalue weighted by Crippen LogP contribution is 2.55. The molecule has 2 aromatic carbocycles. The summed E-state index contributed by atoms with van der Waals surface area (Å²) in [7, 11) is 0. The van der Waals surface area contributed by atoms with Crippen LogP contribution in [-0.4, -0.2) is 0 Å².